The van der Waals surface area contributed by atoms with Gasteiger partial charge in [0.2, 0.25) is 0 Å². The molecule has 0 aromatic rings. The molecule has 0 saturated heterocycles. The lowest BCUT2D eigenvalue weighted by Crippen LogP contribution is -2.42. The molecule has 92 valence electrons. The largest absolute Gasteiger partial charge is 0.465 e. The summed E-state index contributed by atoms with van der Waals surface area (Å²) < 4.78 is 5.39. The Labute approximate surface area is 97.7 Å². The van der Waals surface area contributed by atoms with Gasteiger partial charge >= 0.3 is 5.97 Å². The van der Waals surface area contributed by atoms with Gasteiger partial charge in [0.25, 0.3) is 0 Å². The standard InChI is InChI=1S/C13H23NO2/c1-13(8-3-6-11(13)14)12(15)16-9-7-10-4-2-5-10/h10-11H,2-9,14H2,1H3. The first-order valence-corrected chi connectivity index (χ1v) is 6.56. The molecule has 0 radical (unpaired) electrons. The Kier molecular flexibility index (Phi) is 3.53. The Bertz CT molecular complexity index is 263. The maximum absolute atomic E-state index is 12.0. The number of ether oxygens (including phenoxy) is 1. The Morgan fingerprint density at radius 2 is 2.12 bits per heavy atom. The minimum atomic E-state index is -0.417. The molecule has 2 N–H and O–H groups in total. The third kappa shape index (κ3) is 2.24. The zero-order chi connectivity index (χ0) is 11.6. The molecule has 0 bridgehead atoms. The molecule has 0 aliphatic heterocycles. The van der Waals surface area contributed by atoms with Gasteiger partial charge in [0, 0.05) is 6.04 Å². The van der Waals surface area contributed by atoms with Crippen molar-refractivity contribution in [3.8, 4) is 0 Å². The fraction of sp³-hybridized carbons (Fsp3) is 0.923. The molecule has 0 aromatic heterocycles. The number of hydrogen-bond acceptors (Lipinski definition) is 3. The molecule has 0 amide bonds. The van der Waals surface area contributed by atoms with Crippen LogP contribution in [0.15, 0.2) is 0 Å². The molecule has 2 fully saturated rings. The molecule has 0 heterocycles. The first kappa shape index (κ1) is 11.9. The molecule has 2 saturated carbocycles. The smallest absolute Gasteiger partial charge is 0.313 e. The molecule has 2 aliphatic carbocycles. The minimum Gasteiger partial charge on any atom is -0.465 e. The summed E-state index contributed by atoms with van der Waals surface area (Å²) in [6.07, 6.45) is 7.90. The van der Waals surface area contributed by atoms with Crippen LogP contribution in [0.5, 0.6) is 0 Å². The van der Waals surface area contributed by atoms with Crippen LogP contribution in [0.3, 0.4) is 0 Å². The van der Waals surface area contributed by atoms with Crippen molar-refractivity contribution in [2.75, 3.05) is 6.61 Å². The quantitative estimate of drug-likeness (QED) is 0.746. The first-order chi connectivity index (χ1) is 7.63. The molecule has 2 unspecified atom stereocenters. The maximum Gasteiger partial charge on any atom is 0.313 e. The van der Waals surface area contributed by atoms with E-state index in [1.54, 1.807) is 0 Å². The van der Waals surface area contributed by atoms with Gasteiger partial charge in [-0.25, -0.2) is 0 Å². The summed E-state index contributed by atoms with van der Waals surface area (Å²) >= 11 is 0. The summed E-state index contributed by atoms with van der Waals surface area (Å²) in [5, 5.41) is 0. The van der Waals surface area contributed by atoms with Gasteiger partial charge in [0.15, 0.2) is 0 Å². The van der Waals surface area contributed by atoms with Gasteiger partial charge in [-0.05, 0) is 32.1 Å². The van der Waals surface area contributed by atoms with Crippen molar-refractivity contribution in [3.05, 3.63) is 0 Å². The van der Waals surface area contributed by atoms with Gasteiger partial charge in [-0.2, -0.15) is 0 Å². The fourth-order valence-electron chi connectivity index (χ4n) is 2.71. The minimum absolute atomic E-state index is 0.0105. The molecular formula is C13H23NO2. The van der Waals surface area contributed by atoms with Crippen LogP contribution in [0.4, 0.5) is 0 Å². The Morgan fingerprint density at radius 1 is 1.38 bits per heavy atom. The maximum atomic E-state index is 12.0. The molecule has 3 heteroatoms. The molecule has 2 rings (SSSR count). The van der Waals surface area contributed by atoms with E-state index in [0.29, 0.717) is 6.61 Å². The summed E-state index contributed by atoms with van der Waals surface area (Å²) in [7, 11) is 0. The normalized spacial score (nSPS) is 34.8. The highest BCUT2D eigenvalue weighted by Crippen LogP contribution is 2.38. The van der Waals surface area contributed by atoms with Crippen LogP contribution in [-0.4, -0.2) is 18.6 Å². The van der Waals surface area contributed by atoms with Crippen LogP contribution in [-0.2, 0) is 9.53 Å². The van der Waals surface area contributed by atoms with E-state index in [1.807, 2.05) is 6.92 Å². The third-order valence-electron chi connectivity index (χ3n) is 4.48. The highest BCUT2D eigenvalue weighted by atomic mass is 16.5. The average Bonchev–Trinajstić information content (AvgIpc) is 2.52. The van der Waals surface area contributed by atoms with Gasteiger partial charge in [-0.3, -0.25) is 4.79 Å². The third-order valence-corrected chi connectivity index (χ3v) is 4.48. The second-order valence-electron chi connectivity index (χ2n) is 5.64. The van der Waals surface area contributed by atoms with Crippen molar-refractivity contribution in [1.82, 2.24) is 0 Å². The van der Waals surface area contributed by atoms with E-state index in [1.165, 1.54) is 19.3 Å². The lowest BCUT2D eigenvalue weighted by Gasteiger charge is -2.28. The SMILES string of the molecule is CC1(C(=O)OCCC2CCC2)CCCC1N. The Hall–Kier alpha value is -0.570. The van der Waals surface area contributed by atoms with Gasteiger partial charge in [-0.1, -0.05) is 25.7 Å². The molecule has 2 atom stereocenters. The van der Waals surface area contributed by atoms with Crippen LogP contribution >= 0.6 is 0 Å². The predicted molar refractivity (Wildman–Crippen MR) is 62.9 cm³/mol. The highest BCUT2D eigenvalue weighted by molar-refractivity contribution is 5.77. The topological polar surface area (TPSA) is 52.3 Å². The van der Waals surface area contributed by atoms with Crippen molar-refractivity contribution in [3.63, 3.8) is 0 Å². The van der Waals surface area contributed by atoms with Gasteiger partial charge in [0.05, 0.1) is 12.0 Å². The summed E-state index contributed by atoms with van der Waals surface area (Å²) in [5.74, 6) is 0.731. The lowest BCUT2D eigenvalue weighted by atomic mass is 9.83. The molecule has 2 aliphatic rings. The zero-order valence-corrected chi connectivity index (χ0v) is 10.2. The molecule has 16 heavy (non-hydrogen) atoms. The first-order valence-electron chi connectivity index (χ1n) is 6.56. The van der Waals surface area contributed by atoms with E-state index in [4.69, 9.17) is 10.5 Å². The van der Waals surface area contributed by atoms with Crippen molar-refractivity contribution >= 4 is 5.97 Å². The second-order valence-corrected chi connectivity index (χ2v) is 5.64. The number of esters is 1. The van der Waals surface area contributed by atoms with Crippen molar-refractivity contribution < 1.29 is 9.53 Å². The summed E-state index contributed by atoms with van der Waals surface area (Å²) in [5.41, 5.74) is 5.57. The number of carbonyl (C=O) groups excluding carboxylic acids is 1. The van der Waals surface area contributed by atoms with Gasteiger partial charge in [-0.15, -0.1) is 0 Å². The zero-order valence-electron chi connectivity index (χ0n) is 10.2. The van der Waals surface area contributed by atoms with Crippen LogP contribution in [0.1, 0.15) is 51.9 Å². The van der Waals surface area contributed by atoms with E-state index in [-0.39, 0.29) is 12.0 Å². The van der Waals surface area contributed by atoms with Crippen LogP contribution in [0.25, 0.3) is 0 Å². The van der Waals surface area contributed by atoms with Crippen molar-refractivity contribution in [2.45, 2.75) is 57.9 Å². The van der Waals surface area contributed by atoms with Crippen LogP contribution in [0.2, 0.25) is 0 Å². The summed E-state index contributed by atoms with van der Waals surface area (Å²) in [6, 6.07) is -0.0105. The summed E-state index contributed by atoms with van der Waals surface area (Å²) in [4.78, 5) is 12.0. The lowest BCUT2D eigenvalue weighted by molar-refractivity contribution is -0.155. The number of rotatable bonds is 4. The Morgan fingerprint density at radius 3 is 2.62 bits per heavy atom. The van der Waals surface area contributed by atoms with E-state index in [0.717, 1.165) is 31.6 Å². The fourth-order valence-corrected chi connectivity index (χ4v) is 2.71. The van der Waals surface area contributed by atoms with Crippen LogP contribution < -0.4 is 5.73 Å². The molecular weight excluding hydrogens is 202 g/mol. The van der Waals surface area contributed by atoms with Crippen molar-refractivity contribution in [1.29, 1.82) is 0 Å². The molecule has 0 spiro atoms. The van der Waals surface area contributed by atoms with E-state index in [2.05, 4.69) is 0 Å². The van der Waals surface area contributed by atoms with Gasteiger partial charge in [0.1, 0.15) is 0 Å². The summed E-state index contributed by atoms with van der Waals surface area (Å²) in [6.45, 7) is 2.54. The average molecular weight is 225 g/mol. The number of hydrogen-bond donors (Lipinski definition) is 1. The number of carbonyl (C=O) groups is 1. The Balaban J connectivity index is 1.73. The monoisotopic (exact) mass is 225 g/mol. The van der Waals surface area contributed by atoms with E-state index >= 15 is 0 Å². The number of nitrogens with two attached hydrogens (primary N) is 1. The van der Waals surface area contributed by atoms with E-state index in [9.17, 15) is 4.79 Å². The molecule has 0 aromatic carbocycles. The van der Waals surface area contributed by atoms with Crippen molar-refractivity contribution in [2.24, 2.45) is 17.1 Å². The molecule has 3 nitrogen and oxygen atoms in total. The van der Waals surface area contributed by atoms with Crippen LogP contribution in [0, 0.1) is 11.3 Å². The highest BCUT2D eigenvalue weighted by Gasteiger charge is 2.44. The van der Waals surface area contributed by atoms with Gasteiger partial charge < -0.3 is 10.5 Å². The predicted octanol–water partition coefficient (Wildman–Crippen LogP) is 2.24. The second kappa shape index (κ2) is 4.74. The van der Waals surface area contributed by atoms with E-state index < -0.39 is 5.41 Å².